The average molecular weight is 381 g/mol. The highest BCUT2D eigenvalue weighted by Gasteiger charge is 2.20. The number of ether oxygens (including phenoxy) is 1. The van der Waals surface area contributed by atoms with E-state index in [1.807, 2.05) is 42.5 Å². The number of para-hydroxylation sites is 2. The van der Waals surface area contributed by atoms with E-state index in [2.05, 4.69) is 19.9 Å². The van der Waals surface area contributed by atoms with Crippen molar-refractivity contribution in [2.45, 2.75) is 43.9 Å². The van der Waals surface area contributed by atoms with Crippen molar-refractivity contribution in [1.82, 2.24) is 9.55 Å². The second-order valence-corrected chi connectivity index (χ2v) is 8.20. The predicted octanol–water partition coefficient (Wildman–Crippen LogP) is 4.78. The highest BCUT2D eigenvalue weighted by atomic mass is 32.2. The standard InChI is InChI=1S/C22H24N2O2S/c1-15(2)17-9-4-6-12-20(17)24-21(25)18-10-3-5-11-19(18)23-22(24)27-14-16-8-7-13-26-16/h3-6,9-12,15-16H,7-8,13-14H2,1-2H3. The molecule has 140 valence electrons. The molecule has 2 heterocycles. The summed E-state index contributed by atoms with van der Waals surface area (Å²) < 4.78 is 7.55. The zero-order valence-electron chi connectivity index (χ0n) is 15.7. The van der Waals surface area contributed by atoms with Crippen molar-refractivity contribution in [3.05, 3.63) is 64.4 Å². The Balaban J connectivity index is 1.87. The minimum Gasteiger partial charge on any atom is -0.377 e. The summed E-state index contributed by atoms with van der Waals surface area (Å²) in [6.07, 6.45) is 2.43. The highest BCUT2D eigenvalue weighted by molar-refractivity contribution is 7.99. The van der Waals surface area contributed by atoms with Gasteiger partial charge in [-0.3, -0.25) is 9.36 Å². The summed E-state index contributed by atoms with van der Waals surface area (Å²) in [5.74, 6) is 1.13. The van der Waals surface area contributed by atoms with Gasteiger partial charge in [-0.1, -0.05) is 55.9 Å². The van der Waals surface area contributed by atoms with Gasteiger partial charge in [0.15, 0.2) is 5.16 Å². The molecule has 1 aromatic heterocycles. The molecular formula is C22H24N2O2S. The molecule has 4 nitrogen and oxygen atoms in total. The second kappa shape index (κ2) is 7.87. The molecule has 1 fully saturated rings. The van der Waals surface area contributed by atoms with Crippen LogP contribution in [0.15, 0.2) is 58.5 Å². The Kier molecular flexibility index (Phi) is 5.32. The molecule has 27 heavy (non-hydrogen) atoms. The molecule has 4 rings (SSSR count). The van der Waals surface area contributed by atoms with E-state index in [1.165, 1.54) is 0 Å². The number of hydrogen-bond donors (Lipinski definition) is 0. The Hall–Kier alpha value is -2.11. The molecule has 0 radical (unpaired) electrons. The number of benzene rings is 2. The van der Waals surface area contributed by atoms with Gasteiger partial charge in [0.25, 0.3) is 5.56 Å². The van der Waals surface area contributed by atoms with Gasteiger partial charge in [-0.2, -0.15) is 0 Å². The van der Waals surface area contributed by atoms with Crippen LogP contribution in [0.1, 0.15) is 38.2 Å². The highest BCUT2D eigenvalue weighted by Crippen LogP contribution is 2.28. The van der Waals surface area contributed by atoms with Crippen LogP contribution in [0.3, 0.4) is 0 Å². The molecule has 0 aliphatic carbocycles. The first-order chi connectivity index (χ1) is 13.1. The molecule has 0 spiro atoms. The lowest BCUT2D eigenvalue weighted by atomic mass is 10.0. The lowest BCUT2D eigenvalue weighted by molar-refractivity contribution is 0.129. The molecule has 2 aromatic carbocycles. The van der Waals surface area contributed by atoms with Gasteiger partial charge in [-0.05, 0) is 42.5 Å². The molecule has 3 aromatic rings. The Morgan fingerprint density at radius 1 is 1.19 bits per heavy atom. The van der Waals surface area contributed by atoms with Gasteiger partial charge >= 0.3 is 0 Å². The lowest BCUT2D eigenvalue weighted by Gasteiger charge is -2.18. The van der Waals surface area contributed by atoms with Gasteiger partial charge < -0.3 is 4.74 Å². The molecule has 1 aliphatic rings. The molecule has 0 N–H and O–H groups in total. The van der Waals surface area contributed by atoms with E-state index in [4.69, 9.17) is 9.72 Å². The lowest BCUT2D eigenvalue weighted by Crippen LogP contribution is -2.23. The van der Waals surface area contributed by atoms with Crippen molar-refractivity contribution in [2.24, 2.45) is 0 Å². The maximum atomic E-state index is 13.4. The fourth-order valence-electron chi connectivity index (χ4n) is 3.54. The first-order valence-electron chi connectivity index (χ1n) is 9.50. The third-order valence-electron chi connectivity index (χ3n) is 4.97. The summed E-state index contributed by atoms with van der Waals surface area (Å²) in [5.41, 5.74) is 2.81. The fraction of sp³-hybridized carbons (Fsp3) is 0.364. The molecule has 1 unspecified atom stereocenters. The first kappa shape index (κ1) is 18.3. The molecule has 0 amide bonds. The molecule has 0 saturated carbocycles. The van der Waals surface area contributed by atoms with E-state index in [9.17, 15) is 4.79 Å². The molecule has 1 atom stereocenters. The Morgan fingerprint density at radius 2 is 1.96 bits per heavy atom. The largest absolute Gasteiger partial charge is 0.377 e. The number of nitrogens with zero attached hydrogens (tertiary/aromatic N) is 2. The normalized spacial score (nSPS) is 17.1. The molecular weight excluding hydrogens is 356 g/mol. The van der Waals surface area contributed by atoms with Crippen LogP contribution < -0.4 is 5.56 Å². The van der Waals surface area contributed by atoms with Crippen LogP contribution in [0.25, 0.3) is 16.6 Å². The van der Waals surface area contributed by atoms with E-state index >= 15 is 0 Å². The van der Waals surface area contributed by atoms with Gasteiger partial charge in [-0.25, -0.2) is 4.98 Å². The smallest absolute Gasteiger partial charge is 0.266 e. The zero-order valence-corrected chi connectivity index (χ0v) is 16.5. The van der Waals surface area contributed by atoms with Gasteiger partial charge in [0.2, 0.25) is 0 Å². The number of fused-ring (bicyclic) bond motifs is 1. The van der Waals surface area contributed by atoms with Crippen molar-refractivity contribution in [3.8, 4) is 5.69 Å². The Labute approximate surface area is 163 Å². The van der Waals surface area contributed by atoms with Crippen molar-refractivity contribution < 1.29 is 4.74 Å². The minimum absolute atomic E-state index is 0.0106. The maximum absolute atomic E-state index is 13.4. The summed E-state index contributed by atoms with van der Waals surface area (Å²) >= 11 is 1.62. The third kappa shape index (κ3) is 3.66. The monoisotopic (exact) mass is 380 g/mol. The topological polar surface area (TPSA) is 44.1 Å². The van der Waals surface area contributed by atoms with Gasteiger partial charge in [-0.15, -0.1) is 0 Å². The van der Waals surface area contributed by atoms with Crippen LogP contribution in [0.4, 0.5) is 0 Å². The summed E-state index contributed by atoms with van der Waals surface area (Å²) in [4.78, 5) is 18.2. The Morgan fingerprint density at radius 3 is 2.74 bits per heavy atom. The van der Waals surface area contributed by atoms with Gasteiger partial charge in [0, 0.05) is 12.4 Å². The summed E-state index contributed by atoms with van der Waals surface area (Å²) in [6.45, 7) is 5.13. The number of aromatic nitrogens is 2. The van der Waals surface area contributed by atoms with E-state index in [0.717, 1.165) is 47.1 Å². The zero-order chi connectivity index (χ0) is 18.8. The summed E-state index contributed by atoms with van der Waals surface area (Å²) in [6, 6.07) is 15.7. The Bertz CT molecular complexity index is 1010. The summed E-state index contributed by atoms with van der Waals surface area (Å²) in [7, 11) is 0. The van der Waals surface area contributed by atoms with Crippen LogP contribution in [-0.4, -0.2) is 28.0 Å². The van der Waals surface area contributed by atoms with Crippen LogP contribution in [0, 0.1) is 0 Å². The fourth-order valence-corrected chi connectivity index (χ4v) is 4.62. The molecule has 5 heteroatoms. The van der Waals surface area contributed by atoms with E-state index in [0.29, 0.717) is 11.3 Å². The molecule has 1 saturated heterocycles. The number of hydrogen-bond acceptors (Lipinski definition) is 4. The van der Waals surface area contributed by atoms with Crippen molar-refractivity contribution in [1.29, 1.82) is 0 Å². The van der Waals surface area contributed by atoms with E-state index in [1.54, 1.807) is 16.3 Å². The van der Waals surface area contributed by atoms with Crippen LogP contribution in [0.2, 0.25) is 0 Å². The third-order valence-corrected chi connectivity index (χ3v) is 6.04. The second-order valence-electron chi connectivity index (χ2n) is 7.21. The van der Waals surface area contributed by atoms with Gasteiger partial charge in [0.05, 0.1) is 22.7 Å². The van der Waals surface area contributed by atoms with Crippen LogP contribution in [-0.2, 0) is 4.74 Å². The van der Waals surface area contributed by atoms with Crippen LogP contribution in [0.5, 0.6) is 0 Å². The summed E-state index contributed by atoms with van der Waals surface area (Å²) in [5, 5.41) is 1.39. The van der Waals surface area contributed by atoms with Crippen molar-refractivity contribution >= 4 is 22.7 Å². The predicted molar refractivity (Wildman–Crippen MR) is 111 cm³/mol. The van der Waals surface area contributed by atoms with E-state index in [-0.39, 0.29) is 11.7 Å². The van der Waals surface area contributed by atoms with Crippen molar-refractivity contribution in [2.75, 3.05) is 12.4 Å². The average Bonchev–Trinajstić information content (AvgIpc) is 3.20. The number of thioether (sulfide) groups is 1. The SMILES string of the molecule is CC(C)c1ccccc1-n1c(SCC2CCCO2)nc2ccccc2c1=O. The van der Waals surface area contributed by atoms with Crippen LogP contribution >= 0.6 is 11.8 Å². The maximum Gasteiger partial charge on any atom is 0.266 e. The molecule has 1 aliphatic heterocycles. The quantitative estimate of drug-likeness (QED) is 0.472. The first-order valence-corrected chi connectivity index (χ1v) is 10.5. The van der Waals surface area contributed by atoms with Gasteiger partial charge in [0.1, 0.15) is 0 Å². The number of rotatable bonds is 5. The minimum atomic E-state index is -0.0106. The molecule has 0 bridgehead atoms. The van der Waals surface area contributed by atoms with E-state index < -0.39 is 0 Å². The van der Waals surface area contributed by atoms with Crippen molar-refractivity contribution in [3.63, 3.8) is 0 Å².